The highest BCUT2D eigenvalue weighted by Gasteiger charge is 2.66. The minimum Gasteiger partial charge on any atom is -0.368 e. The molecular weight excluding hydrogens is 573 g/mol. The monoisotopic (exact) mass is 597 g/mol. The number of ketones is 2. The Bertz CT molecular complexity index is 1050. The molecule has 1 aliphatic carbocycles. The number of hydrogen-bond acceptors (Lipinski definition) is 6. The van der Waals surface area contributed by atoms with Crippen molar-refractivity contribution >= 4 is 29.3 Å². The van der Waals surface area contributed by atoms with Crippen LogP contribution in [-0.4, -0.2) is 78.6 Å². The molecular formula is C22H24F9N3O6. The summed E-state index contributed by atoms with van der Waals surface area (Å²) in [5, 5.41) is 2.51. The molecule has 3 rings (SSSR count). The van der Waals surface area contributed by atoms with Gasteiger partial charge in [-0.15, -0.1) is 13.2 Å². The average molecular weight is 597 g/mol. The summed E-state index contributed by atoms with van der Waals surface area (Å²) in [5.74, 6) is -13.5. The van der Waals surface area contributed by atoms with Crippen molar-refractivity contribution in [3.05, 3.63) is 0 Å². The third-order valence-electron chi connectivity index (χ3n) is 7.70. The van der Waals surface area contributed by atoms with Crippen molar-refractivity contribution in [3.63, 3.8) is 0 Å². The lowest BCUT2D eigenvalue weighted by atomic mass is 9.83. The van der Waals surface area contributed by atoms with Crippen molar-refractivity contribution < 1.29 is 68.2 Å². The molecule has 2 aliphatic heterocycles. The van der Waals surface area contributed by atoms with Crippen LogP contribution in [0.15, 0.2) is 0 Å². The quantitative estimate of drug-likeness (QED) is 0.292. The van der Waals surface area contributed by atoms with Gasteiger partial charge in [-0.2, -0.15) is 26.3 Å². The summed E-state index contributed by atoms with van der Waals surface area (Å²) in [5.41, 5.74) is 4.08. The van der Waals surface area contributed by atoms with Crippen molar-refractivity contribution in [3.8, 4) is 0 Å². The second-order valence-corrected chi connectivity index (χ2v) is 10.3. The lowest BCUT2D eigenvalue weighted by Gasteiger charge is -2.25. The highest BCUT2D eigenvalue weighted by Crippen LogP contribution is 2.64. The van der Waals surface area contributed by atoms with Gasteiger partial charge in [0.25, 0.3) is 5.91 Å². The fraction of sp³-hybridized carbons (Fsp3) is 0.773. The number of nitrogens with two attached hydrogens (primary N) is 1. The molecule has 40 heavy (non-hydrogen) atoms. The zero-order chi connectivity index (χ0) is 30.4. The van der Waals surface area contributed by atoms with Crippen LogP contribution in [0.3, 0.4) is 0 Å². The molecule has 3 N–H and O–H groups in total. The first-order valence-electron chi connectivity index (χ1n) is 11.9. The van der Waals surface area contributed by atoms with Crippen molar-refractivity contribution in [2.24, 2.45) is 34.8 Å². The lowest BCUT2D eigenvalue weighted by molar-refractivity contribution is -0.321. The van der Waals surface area contributed by atoms with E-state index in [0.717, 1.165) is 0 Å². The Labute approximate surface area is 219 Å². The first-order valence-corrected chi connectivity index (χ1v) is 11.9. The standard InChI is InChI=1S/C22H24F9N3O6/c23-20(24,25)15(21(26,27)28)4-13(35)18(39)34-8-19(6-12(34)16(32)37)5-11(19)10(3-9-1-2-33-17(9)38)14(36)7-40-22(29,30)31/h9-12,15H,1-8H2,(H2,32,37)(H,33,38)/t9-,10+,11?,12?,19?/m1/s1. The van der Waals surface area contributed by atoms with Gasteiger partial charge < -0.3 is 16.0 Å². The van der Waals surface area contributed by atoms with Crippen LogP contribution in [0.1, 0.15) is 32.1 Å². The summed E-state index contributed by atoms with van der Waals surface area (Å²) in [6.45, 7) is -1.71. The van der Waals surface area contributed by atoms with E-state index in [-0.39, 0.29) is 32.2 Å². The summed E-state index contributed by atoms with van der Waals surface area (Å²) in [4.78, 5) is 62.2. The zero-order valence-corrected chi connectivity index (χ0v) is 20.4. The Hall–Kier alpha value is -2.92. The minimum absolute atomic E-state index is 0.000753. The Morgan fingerprint density at radius 2 is 1.62 bits per heavy atom. The van der Waals surface area contributed by atoms with E-state index in [4.69, 9.17) is 5.73 Å². The van der Waals surface area contributed by atoms with Gasteiger partial charge >= 0.3 is 18.7 Å². The highest BCUT2D eigenvalue weighted by atomic mass is 19.4. The topological polar surface area (TPSA) is 136 Å². The van der Waals surface area contributed by atoms with Gasteiger partial charge in [0.2, 0.25) is 17.6 Å². The van der Waals surface area contributed by atoms with Gasteiger partial charge in [-0.25, -0.2) is 0 Å². The van der Waals surface area contributed by atoms with Crippen LogP contribution in [0.2, 0.25) is 0 Å². The SMILES string of the molecule is NC(=O)C1CC2(CC2[C@H](C[C@H]2CCNC2=O)C(=O)COC(F)(F)F)CN1C(=O)C(=O)CC(C(F)(F)F)C(F)(F)F. The lowest BCUT2D eigenvalue weighted by Crippen LogP contribution is -2.48. The first kappa shape index (κ1) is 31.6. The maximum absolute atomic E-state index is 12.9. The largest absolute Gasteiger partial charge is 0.522 e. The van der Waals surface area contributed by atoms with E-state index in [2.05, 4.69) is 10.1 Å². The van der Waals surface area contributed by atoms with Crippen LogP contribution in [0.5, 0.6) is 0 Å². The third kappa shape index (κ3) is 7.04. The van der Waals surface area contributed by atoms with Crippen LogP contribution in [-0.2, 0) is 28.7 Å². The maximum atomic E-state index is 12.9. The van der Waals surface area contributed by atoms with Crippen LogP contribution >= 0.6 is 0 Å². The maximum Gasteiger partial charge on any atom is 0.522 e. The van der Waals surface area contributed by atoms with Crippen LogP contribution in [0.25, 0.3) is 0 Å². The Balaban J connectivity index is 1.81. The number of nitrogens with one attached hydrogen (secondary N) is 1. The minimum atomic E-state index is -5.90. The molecule has 0 aromatic carbocycles. The molecule has 2 saturated heterocycles. The third-order valence-corrected chi connectivity index (χ3v) is 7.70. The molecule has 18 heteroatoms. The van der Waals surface area contributed by atoms with Gasteiger partial charge in [0, 0.05) is 31.3 Å². The van der Waals surface area contributed by atoms with Crippen LogP contribution in [0.4, 0.5) is 39.5 Å². The molecule has 0 bridgehead atoms. The van der Waals surface area contributed by atoms with Gasteiger partial charge in [-0.3, -0.25) is 28.7 Å². The van der Waals surface area contributed by atoms with Gasteiger partial charge in [0.1, 0.15) is 12.6 Å². The molecule has 3 amide bonds. The molecule has 2 heterocycles. The van der Waals surface area contributed by atoms with Gasteiger partial charge in [0.15, 0.2) is 11.7 Å². The number of nitrogens with zero attached hydrogens (tertiary/aromatic N) is 1. The number of alkyl halides is 9. The molecule has 3 fully saturated rings. The number of hydrogen-bond donors (Lipinski definition) is 2. The van der Waals surface area contributed by atoms with Gasteiger partial charge in [0.05, 0.1) is 0 Å². The van der Waals surface area contributed by atoms with Crippen LogP contribution in [0, 0.1) is 29.1 Å². The molecule has 226 valence electrons. The predicted molar refractivity (Wildman–Crippen MR) is 111 cm³/mol. The Morgan fingerprint density at radius 1 is 1.02 bits per heavy atom. The van der Waals surface area contributed by atoms with E-state index in [9.17, 15) is 63.5 Å². The fourth-order valence-corrected chi connectivity index (χ4v) is 5.65. The van der Waals surface area contributed by atoms with Gasteiger partial charge in [-0.05, 0) is 37.0 Å². The number of primary amides is 1. The highest BCUT2D eigenvalue weighted by molar-refractivity contribution is 6.36. The summed E-state index contributed by atoms with van der Waals surface area (Å²) in [6.07, 6.45) is -19.5. The van der Waals surface area contributed by atoms with Crippen molar-refractivity contribution in [2.45, 2.75) is 56.9 Å². The Kier molecular flexibility index (Phi) is 8.54. The molecule has 1 saturated carbocycles. The number of carbonyl (C=O) groups is 5. The number of rotatable bonds is 10. The number of amides is 3. The van der Waals surface area contributed by atoms with E-state index in [0.29, 0.717) is 4.90 Å². The second kappa shape index (κ2) is 10.8. The molecule has 0 aromatic heterocycles. The predicted octanol–water partition coefficient (Wildman–Crippen LogP) is 2.03. The summed E-state index contributed by atoms with van der Waals surface area (Å²) in [6, 6.07) is -1.63. The summed E-state index contributed by atoms with van der Waals surface area (Å²) in [7, 11) is 0. The van der Waals surface area contributed by atoms with Gasteiger partial charge in [-0.1, -0.05) is 0 Å². The number of ether oxygens (including phenoxy) is 1. The number of halogens is 9. The number of Topliss-reactive ketones (excluding diaryl/α,β-unsaturated/α-hetero) is 2. The molecule has 0 aromatic rings. The number of carbonyl (C=O) groups excluding carboxylic acids is 5. The summed E-state index contributed by atoms with van der Waals surface area (Å²) >= 11 is 0. The van der Waals surface area contributed by atoms with E-state index in [1.54, 1.807) is 0 Å². The van der Waals surface area contributed by atoms with Crippen molar-refractivity contribution in [1.82, 2.24) is 10.2 Å². The molecule has 3 aliphatic rings. The summed E-state index contributed by atoms with van der Waals surface area (Å²) < 4.78 is 119. The smallest absolute Gasteiger partial charge is 0.368 e. The van der Waals surface area contributed by atoms with Crippen molar-refractivity contribution in [2.75, 3.05) is 19.7 Å². The fourth-order valence-electron chi connectivity index (χ4n) is 5.65. The molecule has 1 spiro atoms. The average Bonchev–Trinajstić information content (AvgIpc) is 3.11. The van der Waals surface area contributed by atoms with E-state index in [1.165, 1.54) is 0 Å². The normalized spacial score (nSPS) is 27.7. The van der Waals surface area contributed by atoms with Crippen LogP contribution < -0.4 is 11.1 Å². The van der Waals surface area contributed by atoms with E-state index in [1.807, 2.05) is 0 Å². The Morgan fingerprint density at radius 3 is 2.10 bits per heavy atom. The molecule has 0 radical (unpaired) electrons. The second-order valence-electron chi connectivity index (χ2n) is 10.3. The zero-order valence-electron chi connectivity index (χ0n) is 20.4. The van der Waals surface area contributed by atoms with Crippen molar-refractivity contribution in [1.29, 1.82) is 0 Å². The molecule has 5 atom stereocenters. The van der Waals surface area contributed by atoms with E-state index < -0.39 is 103 Å². The first-order chi connectivity index (χ1) is 18.2. The molecule has 3 unspecified atom stereocenters. The molecule has 9 nitrogen and oxygen atoms in total. The van der Waals surface area contributed by atoms with E-state index >= 15 is 0 Å². The number of likely N-dealkylation sites (tertiary alicyclic amines) is 1.